The highest BCUT2D eigenvalue weighted by Crippen LogP contribution is 2.10. The lowest BCUT2D eigenvalue weighted by molar-refractivity contribution is 1.41. The number of allylic oxidation sites excluding steroid dienone is 1. The van der Waals surface area contributed by atoms with Crippen LogP contribution in [0.5, 0.6) is 0 Å². The minimum Gasteiger partial charge on any atom is -0.308 e. The van der Waals surface area contributed by atoms with Gasteiger partial charge >= 0.3 is 0 Å². The van der Waals surface area contributed by atoms with Crippen molar-refractivity contribution in [1.29, 1.82) is 10.8 Å². The van der Waals surface area contributed by atoms with Crippen molar-refractivity contribution in [1.82, 2.24) is 0 Å². The molecule has 0 atom stereocenters. The van der Waals surface area contributed by atoms with E-state index < -0.39 is 0 Å². The molecule has 1 rings (SSSR count). The van der Waals surface area contributed by atoms with E-state index in [9.17, 15) is 0 Å². The van der Waals surface area contributed by atoms with Crippen LogP contribution in [0.2, 0.25) is 0 Å². The van der Waals surface area contributed by atoms with Crippen LogP contribution in [-0.2, 0) is 0 Å². The number of nitrogens with one attached hydrogen (secondary N) is 2. The van der Waals surface area contributed by atoms with Crippen molar-refractivity contribution in [2.75, 3.05) is 0 Å². The maximum atomic E-state index is 7.60. The van der Waals surface area contributed by atoms with Crippen LogP contribution in [-0.4, -0.2) is 11.9 Å². The Balaban J connectivity index is 0.000000921. The van der Waals surface area contributed by atoms with Crippen molar-refractivity contribution in [2.24, 2.45) is 0 Å². The molecule has 0 radical (unpaired) electrons. The highest BCUT2D eigenvalue weighted by atomic mass is 14.4. The first-order chi connectivity index (χ1) is 7.19. The van der Waals surface area contributed by atoms with Crippen molar-refractivity contribution in [2.45, 2.75) is 20.8 Å². The molecule has 80 valence electrons. The highest BCUT2D eigenvalue weighted by molar-refractivity contribution is 6.10. The molecule has 0 fully saturated rings. The molecule has 0 spiro atoms. The quantitative estimate of drug-likeness (QED) is 0.704. The van der Waals surface area contributed by atoms with Crippen LogP contribution in [0.4, 0.5) is 0 Å². The third-order valence-electron chi connectivity index (χ3n) is 1.86. The molecule has 2 N–H and O–H groups in total. The van der Waals surface area contributed by atoms with Crippen molar-refractivity contribution >= 4 is 11.9 Å². The van der Waals surface area contributed by atoms with E-state index in [-0.39, 0.29) is 0 Å². The molecule has 15 heavy (non-hydrogen) atoms. The maximum absolute atomic E-state index is 7.60. The van der Waals surface area contributed by atoms with Gasteiger partial charge in [0.2, 0.25) is 0 Å². The van der Waals surface area contributed by atoms with E-state index >= 15 is 0 Å². The molecule has 2 heteroatoms. The second-order valence-corrected chi connectivity index (χ2v) is 2.85. The number of hydrogen-bond donors (Lipinski definition) is 2. The fourth-order valence-electron chi connectivity index (χ4n) is 1.14. The summed E-state index contributed by atoms with van der Waals surface area (Å²) in [5.41, 5.74) is 2.98. The zero-order valence-electron chi connectivity index (χ0n) is 9.59. The van der Waals surface area contributed by atoms with E-state index in [2.05, 4.69) is 6.58 Å². The monoisotopic (exact) mass is 202 g/mol. The summed E-state index contributed by atoms with van der Waals surface area (Å²) >= 11 is 0. The van der Waals surface area contributed by atoms with Crippen LogP contribution >= 0.6 is 0 Å². The molecule has 0 heterocycles. The average molecular weight is 202 g/mol. The summed E-state index contributed by atoms with van der Waals surface area (Å²) in [5.74, 6) is 0. The first-order valence-electron chi connectivity index (χ1n) is 5.01. The second kappa shape index (κ2) is 6.71. The van der Waals surface area contributed by atoms with E-state index in [1.165, 1.54) is 12.3 Å². The first-order valence-corrected chi connectivity index (χ1v) is 5.01. The molecular formula is C13H18N2. The molecule has 0 aliphatic heterocycles. The molecule has 0 aliphatic carbocycles. The van der Waals surface area contributed by atoms with Gasteiger partial charge in [0.05, 0.1) is 5.71 Å². The third kappa shape index (κ3) is 3.50. The summed E-state index contributed by atoms with van der Waals surface area (Å²) < 4.78 is 0. The minimum atomic E-state index is 0.363. The van der Waals surface area contributed by atoms with E-state index in [4.69, 9.17) is 10.8 Å². The van der Waals surface area contributed by atoms with Crippen LogP contribution in [0, 0.1) is 17.7 Å². The molecular weight excluding hydrogens is 184 g/mol. The third-order valence-corrected chi connectivity index (χ3v) is 1.86. The molecule has 0 unspecified atom stereocenters. The predicted octanol–water partition coefficient (Wildman–Crippen LogP) is 3.57. The molecule has 0 bridgehead atoms. The predicted molar refractivity (Wildman–Crippen MR) is 67.4 cm³/mol. The van der Waals surface area contributed by atoms with Gasteiger partial charge in [-0.1, -0.05) is 38.1 Å². The summed E-state index contributed by atoms with van der Waals surface area (Å²) in [5, 5.41) is 14.8. The van der Waals surface area contributed by atoms with E-state index in [1.54, 1.807) is 0 Å². The highest BCUT2D eigenvalue weighted by Gasteiger charge is 2.02. The Labute approximate surface area is 91.7 Å². The summed E-state index contributed by atoms with van der Waals surface area (Å²) in [7, 11) is 0. The molecule has 0 saturated heterocycles. The molecule has 1 aromatic rings. The molecule has 0 aromatic heterocycles. The topological polar surface area (TPSA) is 47.7 Å². The van der Waals surface area contributed by atoms with Gasteiger partial charge in [0.1, 0.15) is 0 Å². The van der Waals surface area contributed by atoms with E-state index in [0.717, 1.165) is 16.7 Å². The first kappa shape index (κ1) is 13.3. The number of hydrogen-bond acceptors (Lipinski definition) is 2. The number of rotatable bonds is 3. The number of aryl methyl sites for hydroxylation is 1. The maximum Gasteiger partial charge on any atom is 0.0612 e. The van der Waals surface area contributed by atoms with Crippen LogP contribution in [0.1, 0.15) is 30.5 Å². The molecule has 1 aromatic carbocycles. The lowest BCUT2D eigenvalue weighted by atomic mass is 10.0. The normalized spacial score (nSPS) is 8.47. The number of benzene rings is 1. The summed E-state index contributed by atoms with van der Waals surface area (Å²) in [6.45, 7) is 9.51. The van der Waals surface area contributed by atoms with Crippen molar-refractivity contribution in [3.63, 3.8) is 0 Å². The smallest absolute Gasteiger partial charge is 0.0612 e. The Kier molecular flexibility index (Phi) is 5.95. The van der Waals surface area contributed by atoms with Crippen molar-refractivity contribution < 1.29 is 0 Å². The van der Waals surface area contributed by atoms with Crippen LogP contribution in [0.15, 0.2) is 30.9 Å². The minimum absolute atomic E-state index is 0.363. The fourth-order valence-corrected chi connectivity index (χ4v) is 1.14. The van der Waals surface area contributed by atoms with Gasteiger partial charge in [-0.25, -0.2) is 0 Å². The largest absolute Gasteiger partial charge is 0.308 e. The average Bonchev–Trinajstić information content (AvgIpc) is 2.30. The van der Waals surface area contributed by atoms with Crippen molar-refractivity contribution in [3.8, 4) is 0 Å². The lowest BCUT2D eigenvalue weighted by Crippen LogP contribution is -2.00. The Morgan fingerprint density at radius 1 is 1.33 bits per heavy atom. The zero-order valence-corrected chi connectivity index (χ0v) is 9.59. The van der Waals surface area contributed by atoms with Crippen molar-refractivity contribution in [3.05, 3.63) is 47.5 Å². The standard InChI is InChI=1S/C11H12N2.C2H6/c1-3-11(13)10-6-8(2)4-5-9(10)7-12;1-2/h3-7,12-13H,1H2,2H3;1-2H3. The molecule has 2 nitrogen and oxygen atoms in total. The Hall–Kier alpha value is -1.70. The van der Waals surface area contributed by atoms with Gasteiger partial charge in [-0.05, 0) is 19.1 Å². The zero-order chi connectivity index (χ0) is 11.8. The van der Waals surface area contributed by atoms with Crippen LogP contribution in [0.25, 0.3) is 0 Å². The van der Waals surface area contributed by atoms with E-state index in [0.29, 0.717) is 5.71 Å². The van der Waals surface area contributed by atoms with Gasteiger partial charge in [-0.15, -0.1) is 0 Å². The Morgan fingerprint density at radius 2 is 1.93 bits per heavy atom. The summed E-state index contributed by atoms with van der Waals surface area (Å²) in [6, 6.07) is 5.67. The lowest BCUT2D eigenvalue weighted by Gasteiger charge is -2.04. The van der Waals surface area contributed by atoms with Gasteiger partial charge in [0.25, 0.3) is 0 Å². The molecule has 0 aliphatic rings. The fraction of sp³-hybridized carbons (Fsp3) is 0.231. The Bertz CT molecular complexity index is 365. The van der Waals surface area contributed by atoms with Crippen LogP contribution < -0.4 is 0 Å². The molecule has 0 amide bonds. The van der Waals surface area contributed by atoms with Gasteiger partial charge in [-0.2, -0.15) is 0 Å². The van der Waals surface area contributed by atoms with Gasteiger partial charge < -0.3 is 10.8 Å². The van der Waals surface area contributed by atoms with E-state index in [1.807, 2.05) is 39.0 Å². The van der Waals surface area contributed by atoms with Gasteiger partial charge in [0, 0.05) is 17.3 Å². The second-order valence-electron chi connectivity index (χ2n) is 2.85. The van der Waals surface area contributed by atoms with Gasteiger partial charge in [0.15, 0.2) is 0 Å². The molecule has 0 saturated carbocycles. The summed E-state index contributed by atoms with van der Waals surface area (Å²) in [6.07, 6.45) is 2.74. The Morgan fingerprint density at radius 3 is 2.40 bits per heavy atom. The van der Waals surface area contributed by atoms with Gasteiger partial charge in [-0.3, -0.25) is 0 Å². The van der Waals surface area contributed by atoms with Crippen LogP contribution in [0.3, 0.4) is 0 Å². The summed E-state index contributed by atoms with van der Waals surface area (Å²) in [4.78, 5) is 0. The SMILES string of the molecule is C=CC(=N)c1cc(C)ccc1C=N.CC.